The Labute approximate surface area is 144 Å². The van der Waals surface area contributed by atoms with Crippen LogP contribution in [0.15, 0.2) is 30.3 Å². The standard InChI is InChI=1S/C14H22.Na.H2O4S.H/c1-2-3-4-5-6-8-11-14-12-9-7-10-13-14;;1-5(2,3)4;/h7,9-10,12-13H,2-6,8,11H2,1H3;;(H2,1,2,3,4);. The molecule has 0 amide bonds. The Bertz CT molecular complexity index is 398. The molecular weight excluding hydrogens is 287 g/mol. The maximum atomic E-state index is 8.74. The van der Waals surface area contributed by atoms with E-state index in [9.17, 15) is 0 Å². The fourth-order valence-electron chi connectivity index (χ4n) is 1.75. The molecule has 0 unspecified atom stereocenters. The number of rotatable bonds is 7. The van der Waals surface area contributed by atoms with E-state index in [-0.39, 0.29) is 29.6 Å². The second-order valence-electron chi connectivity index (χ2n) is 4.45. The molecule has 0 bridgehead atoms. The molecule has 0 aliphatic carbocycles. The molecule has 1 aromatic rings. The molecule has 20 heavy (non-hydrogen) atoms. The van der Waals surface area contributed by atoms with Crippen LogP contribution in [0.2, 0.25) is 0 Å². The topological polar surface area (TPSA) is 74.6 Å². The first-order chi connectivity index (χ1) is 8.93. The zero-order chi connectivity index (χ0) is 14.6. The monoisotopic (exact) mass is 312 g/mol. The molecule has 0 spiro atoms. The van der Waals surface area contributed by atoms with Gasteiger partial charge in [0.1, 0.15) is 0 Å². The van der Waals surface area contributed by atoms with Crippen molar-refractivity contribution in [3.05, 3.63) is 35.9 Å². The maximum absolute atomic E-state index is 8.74. The van der Waals surface area contributed by atoms with Crippen molar-refractivity contribution in [2.45, 2.75) is 51.9 Å². The summed E-state index contributed by atoms with van der Waals surface area (Å²) in [5, 5.41) is 0. The normalized spacial score (nSPS) is 10.2. The summed E-state index contributed by atoms with van der Waals surface area (Å²) in [6.45, 7) is 2.27. The predicted octanol–water partition coefficient (Wildman–Crippen LogP) is 3.29. The summed E-state index contributed by atoms with van der Waals surface area (Å²) in [6.07, 6.45) is 9.60. The summed E-state index contributed by atoms with van der Waals surface area (Å²) < 4.78 is 31.6. The van der Waals surface area contributed by atoms with E-state index < -0.39 is 10.4 Å². The second-order valence-corrected chi connectivity index (χ2v) is 5.35. The van der Waals surface area contributed by atoms with Gasteiger partial charge < -0.3 is 0 Å². The van der Waals surface area contributed by atoms with Crippen molar-refractivity contribution in [1.82, 2.24) is 0 Å². The molecule has 1 rings (SSSR count). The van der Waals surface area contributed by atoms with Gasteiger partial charge in [-0.25, -0.2) is 0 Å². The van der Waals surface area contributed by atoms with Gasteiger partial charge in [-0.2, -0.15) is 8.42 Å². The van der Waals surface area contributed by atoms with Crippen molar-refractivity contribution in [3.8, 4) is 0 Å². The van der Waals surface area contributed by atoms with Crippen LogP contribution in [0.25, 0.3) is 0 Å². The first-order valence-electron chi connectivity index (χ1n) is 6.67. The fourth-order valence-corrected chi connectivity index (χ4v) is 1.75. The summed E-state index contributed by atoms with van der Waals surface area (Å²) in [4.78, 5) is 0. The first-order valence-corrected chi connectivity index (χ1v) is 8.07. The SMILES string of the molecule is CCCCCCCCc1ccccc1.O=S(=O)(O)O.[NaH]. The van der Waals surface area contributed by atoms with Gasteiger partial charge in [-0.15, -0.1) is 0 Å². The molecule has 4 nitrogen and oxygen atoms in total. The molecule has 2 N–H and O–H groups in total. The number of unbranched alkanes of at least 4 members (excludes halogenated alkanes) is 5. The molecule has 0 fully saturated rings. The molecule has 0 radical (unpaired) electrons. The van der Waals surface area contributed by atoms with Crippen LogP contribution in [0.4, 0.5) is 0 Å². The Kier molecular flexibility index (Phi) is 15.7. The number of benzene rings is 1. The molecule has 0 saturated heterocycles. The Morgan fingerprint density at radius 3 is 1.85 bits per heavy atom. The van der Waals surface area contributed by atoms with Crippen LogP contribution in [0.1, 0.15) is 51.0 Å². The number of hydrogen-bond donors (Lipinski definition) is 2. The Morgan fingerprint density at radius 1 is 0.900 bits per heavy atom. The van der Waals surface area contributed by atoms with E-state index in [2.05, 4.69) is 37.3 Å². The van der Waals surface area contributed by atoms with E-state index in [0.717, 1.165) is 0 Å². The molecule has 0 aliphatic rings. The van der Waals surface area contributed by atoms with E-state index in [1.807, 2.05) is 0 Å². The predicted molar refractivity (Wildman–Crippen MR) is 84.8 cm³/mol. The van der Waals surface area contributed by atoms with E-state index in [1.54, 1.807) is 0 Å². The first kappa shape index (κ1) is 22.4. The van der Waals surface area contributed by atoms with Crippen molar-refractivity contribution < 1.29 is 17.5 Å². The van der Waals surface area contributed by atoms with Crippen LogP contribution in [-0.2, 0) is 16.8 Å². The van der Waals surface area contributed by atoms with Crippen molar-refractivity contribution in [3.63, 3.8) is 0 Å². The third kappa shape index (κ3) is 20.4. The van der Waals surface area contributed by atoms with Gasteiger partial charge in [-0.05, 0) is 18.4 Å². The Hall–Kier alpha value is 0.0900. The summed E-state index contributed by atoms with van der Waals surface area (Å²) >= 11 is 0. The average molecular weight is 312 g/mol. The van der Waals surface area contributed by atoms with Gasteiger partial charge in [-0.1, -0.05) is 69.4 Å². The molecule has 1 aromatic carbocycles. The fraction of sp³-hybridized carbons (Fsp3) is 0.571. The van der Waals surface area contributed by atoms with E-state index in [0.29, 0.717) is 0 Å². The molecule has 0 heterocycles. The summed E-state index contributed by atoms with van der Waals surface area (Å²) in [7, 11) is -4.67. The average Bonchev–Trinajstić information content (AvgIpc) is 2.33. The van der Waals surface area contributed by atoms with Gasteiger partial charge in [-0.3, -0.25) is 9.11 Å². The van der Waals surface area contributed by atoms with Crippen molar-refractivity contribution in [2.24, 2.45) is 0 Å². The molecule has 0 aliphatic heterocycles. The minimum absolute atomic E-state index is 0. The molecule has 0 saturated carbocycles. The van der Waals surface area contributed by atoms with Crippen LogP contribution in [0, 0.1) is 0 Å². The molecule has 0 aromatic heterocycles. The van der Waals surface area contributed by atoms with Crippen molar-refractivity contribution in [2.75, 3.05) is 0 Å². The summed E-state index contributed by atoms with van der Waals surface area (Å²) in [5.41, 5.74) is 1.49. The van der Waals surface area contributed by atoms with Gasteiger partial charge in [0.05, 0.1) is 0 Å². The third-order valence-electron chi connectivity index (χ3n) is 2.66. The molecular formula is C14H25NaO4S. The van der Waals surface area contributed by atoms with Crippen LogP contribution in [-0.4, -0.2) is 47.1 Å². The second kappa shape index (κ2) is 14.0. The quantitative estimate of drug-likeness (QED) is 0.460. The van der Waals surface area contributed by atoms with Crippen LogP contribution in [0.3, 0.4) is 0 Å². The molecule has 0 atom stereocenters. The van der Waals surface area contributed by atoms with Gasteiger partial charge in [0.2, 0.25) is 0 Å². The van der Waals surface area contributed by atoms with Crippen molar-refractivity contribution >= 4 is 40.0 Å². The zero-order valence-electron chi connectivity index (χ0n) is 11.5. The number of hydrogen-bond acceptors (Lipinski definition) is 2. The summed E-state index contributed by atoms with van der Waals surface area (Å²) in [5.74, 6) is 0. The number of aryl methyl sites for hydroxylation is 1. The van der Waals surface area contributed by atoms with Gasteiger partial charge >= 0.3 is 40.0 Å². The minimum atomic E-state index is -4.67. The Morgan fingerprint density at radius 2 is 1.35 bits per heavy atom. The van der Waals surface area contributed by atoms with Crippen molar-refractivity contribution in [1.29, 1.82) is 0 Å². The third-order valence-corrected chi connectivity index (χ3v) is 2.66. The molecule has 6 heteroatoms. The van der Waals surface area contributed by atoms with Gasteiger partial charge in [0.25, 0.3) is 0 Å². The van der Waals surface area contributed by atoms with E-state index >= 15 is 0 Å². The molecule has 112 valence electrons. The summed E-state index contributed by atoms with van der Waals surface area (Å²) in [6, 6.07) is 10.8. The van der Waals surface area contributed by atoms with Crippen LogP contribution in [0.5, 0.6) is 0 Å². The Balaban J connectivity index is 0. The van der Waals surface area contributed by atoms with E-state index in [1.165, 1.54) is 50.5 Å². The van der Waals surface area contributed by atoms with E-state index in [4.69, 9.17) is 17.5 Å². The van der Waals surface area contributed by atoms with Crippen LogP contribution >= 0.6 is 0 Å². The van der Waals surface area contributed by atoms with Gasteiger partial charge in [0.15, 0.2) is 0 Å². The zero-order valence-corrected chi connectivity index (χ0v) is 12.3. The van der Waals surface area contributed by atoms with Crippen LogP contribution < -0.4 is 0 Å². The van der Waals surface area contributed by atoms with Gasteiger partial charge in [0, 0.05) is 0 Å².